The van der Waals surface area contributed by atoms with E-state index in [1.807, 2.05) is 7.05 Å². The van der Waals surface area contributed by atoms with E-state index in [1.165, 1.54) is 9.69 Å². The number of nitrogens with one attached hydrogen (secondary N) is 1. The van der Waals surface area contributed by atoms with Crippen molar-refractivity contribution in [3.63, 3.8) is 0 Å². The van der Waals surface area contributed by atoms with Crippen LogP contribution in [0.1, 0.15) is 24.5 Å². The Kier molecular flexibility index (Phi) is 4.36. The molecule has 0 bridgehead atoms. The van der Waals surface area contributed by atoms with Crippen molar-refractivity contribution < 1.29 is 17.6 Å². The first-order valence-corrected chi connectivity index (χ1v) is 10.7. The fourth-order valence-electron chi connectivity index (χ4n) is 3.27. The van der Waals surface area contributed by atoms with Gasteiger partial charge in [-0.2, -0.15) is 4.31 Å². The van der Waals surface area contributed by atoms with E-state index in [4.69, 9.17) is 0 Å². The van der Waals surface area contributed by atoms with E-state index in [9.17, 15) is 17.6 Å². The molecule has 2 fully saturated rings. The van der Waals surface area contributed by atoms with Gasteiger partial charge in [-0.1, -0.05) is 0 Å². The van der Waals surface area contributed by atoms with Gasteiger partial charge in [0.05, 0.1) is 17.9 Å². The summed E-state index contributed by atoms with van der Waals surface area (Å²) in [5.74, 6) is -1.81. The van der Waals surface area contributed by atoms with Crippen LogP contribution in [-0.4, -0.2) is 47.3 Å². The molecule has 1 saturated heterocycles. The number of amides is 1. The van der Waals surface area contributed by atoms with Gasteiger partial charge in [-0.25, -0.2) is 17.8 Å². The highest BCUT2D eigenvalue weighted by molar-refractivity contribution is 7.91. The fourth-order valence-corrected chi connectivity index (χ4v) is 5.99. The summed E-state index contributed by atoms with van der Waals surface area (Å²) in [5, 5.41) is 4.36. The van der Waals surface area contributed by atoms with E-state index >= 15 is 0 Å². The number of carbonyl (C=O) groups is 1. The molecule has 1 saturated carbocycles. The first-order valence-electron chi connectivity index (χ1n) is 8.37. The van der Waals surface area contributed by atoms with Gasteiger partial charge in [-0.3, -0.25) is 4.79 Å². The highest BCUT2D eigenvalue weighted by Crippen LogP contribution is 2.37. The minimum absolute atomic E-state index is 0.0272. The van der Waals surface area contributed by atoms with Crippen molar-refractivity contribution in [1.29, 1.82) is 0 Å². The summed E-state index contributed by atoms with van der Waals surface area (Å²) < 4.78 is 42.2. The minimum Gasteiger partial charge on any atom is -0.353 e. The van der Waals surface area contributed by atoms with Crippen LogP contribution in [0.15, 0.2) is 28.2 Å². The first-order chi connectivity index (χ1) is 12.4. The number of carbonyl (C=O) groups excluding carboxylic acids is 1. The van der Waals surface area contributed by atoms with Crippen LogP contribution in [0.5, 0.6) is 0 Å². The highest BCUT2D eigenvalue weighted by atomic mass is 32.2. The molecule has 140 valence electrons. The SMILES string of the molecule is Cn1cnc([C@@H]2CN(S(=O)(=O)c3sccc3F)C[C@H]2C(=O)NC2CC2)c1. The van der Waals surface area contributed by atoms with E-state index in [0.29, 0.717) is 5.69 Å². The average molecular weight is 398 g/mol. The molecule has 10 heteroatoms. The van der Waals surface area contributed by atoms with Crippen molar-refractivity contribution in [2.45, 2.75) is 29.0 Å². The van der Waals surface area contributed by atoms with Crippen LogP contribution < -0.4 is 5.32 Å². The van der Waals surface area contributed by atoms with Gasteiger partial charge in [0.1, 0.15) is 0 Å². The van der Waals surface area contributed by atoms with Gasteiger partial charge in [0.25, 0.3) is 10.0 Å². The molecular formula is C16H19FN4O3S2. The third-order valence-electron chi connectivity index (χ3n) is 4.81. The second kappa shape index (κ2) is 6.43. The van der Waals surface area contributed by atoms with Crippen molar-refractivity contribution in [3.8, 4) is 0 Å². The molecule has 2 aromatic rings. The van der Waals surface area contributed by atoms with Crippen molar-refractivity contribution in [2.75, 3.05) is 13.1 Å². The molecule has 3 heterocycles. The summed E-state index contributed by atoms with van der Waals surface area (Å²) in [6.07, 6.45) is 5.33. The van der Waals surface area contributed by atoms with E-state index in [2.05, 4.69) is 10.3 Å². The number of hydrogen-bond acceptors (Lipinski definition) is 5. The van der Waals surface area contributed by atoms with Crippen molar-refractivity contribution in [3.05, 3.63) is 35.5 Å². The minimum atomic E-state index is -3.98. The Hall–Kier alpha value is -1.78. The van der Waals surface area contributed by atoms with E-state index in [0.717, 1.165) is 30.2 Å². The van der Waals surface area contributed by atoms with Crippen LogP contribution in [0.2, 0.25) is 0 Å². The smallest absolute Gasteiger partial charge is 0.255 e. The Morgan fingerprint density at radius 3 is 2.73 bits per heavy atom. The molecule has 2 atom stereocenters. The lowest BCUT2D eigenvalue weighted by Gasteiger charge is -2.16. The summed E-state index contributed by atoms with van der Waals surface area (Å²) in [7, 11) is -2.16. The summed E-state index contributed by atoms with van der Waals surface area (Å²) in [6, 6.07) is 1.33. The molecule has 1 amide bonds. The maximum absolute atomic E-state index is 13.9. The van der Waals surface area contributed by atoms with E-state index in [-0.39, 0.29) is 35.2 Å². The third-order valence-corrected chi connectivity index (χ3v) is 8.05. The van der Waals surface area contributed by atoms with Crippen LogP contribution in [0.4, 0.5) is 4.39 Å². The number of hydrogen-bond donors (Lipinski definition) is 1. The summed E-state index contributed by atoms with van der Waals surface area (Å²) in [5.41, 5.74) is 0.674. The average Bonchev–Trinajstić information content (AvgIpc) is 3.01. The van der Waals surface area contributed by atoms with Crippen LogP contribution in [0, 0.1) is 11.7 Å². The number of sulfonamides is 1. The number of halogens is 1. The van der Waals surface area contributed by atoms with Gasteiger partial charge < -0.3 is 9.88 Å². The normalized spacial score (nSPS) is 24.1. The molecular weight excluding hydrogens is 379 g/mol. The monoisotopic (exact) mass is 398 g/mol. The largest absolute Gasteiger partial charge is 0.353 e. The predicted octanol–water partition coefficient (Wildman–Crippen LogP) is 1.30. The topological polar surface area (TPSA) is 84.3 Å². The maximum Gasteiger partial charge on any atom is 0.255 e. The second-order valence-corrected chi connectivity index (χ2v) is 9.89. The molecule has 1 N–H and O–H groups in total. The Balaban J connectivity index is 1.64. The third kappa shape index (κ3) is 3.17. The molecule has 0 unspecified atom stereocenters. The van der Waals surface area contributed by atoms with Crippen LogP contribution in [0.3, 0.4) is 0 Å². The van der Waals surface area contributed by atoms with Gasteiger partial charge in [-0.05, 0) is 24.3 Å². The molecule has 0 spiro atoms. The Labute approximate surface area is 154 Å². The number of aromatic nitrogens is 2. The van der Waals surface area contributed by atoms with Gasteiger partial charge in [0, 0.05) is 38.3 Å². The number of rotatable bonds is 5. The Bertz CT molecular complexity index is 935. The molecule has 7 nitrogen and oxygen atoms in total. The first kappa shape index (κ1) is 17.6. The Morgan fingerprint density at radius 2 is 2.15 bits per heavy atom. The molecule has 2 aliphatic rings. The zero-order valence-electron chi connectivity index (χ0n) is 14.1. The van der Waals surface area contributed by atoms with Crippen molar-refractivity contribution in [2.24, 2.45) is 13.0 Å². The molecule has 0 aromatic carbocycles. The van der Waals surface area contributed by atoms with Gasteiger partial charge >= 0.3 is 0 Å². The fraction of sp³-hybridized carbons (Fsp3) is 0.500. The zero-order valence-corrected chi connectivity index (χ0v) is 15.8. The molecule has 2 aromatic heterocycles. The summed E-state index contributed by atoms with van der Waals surface area (Å²) in [4.78, 5) is 17.0. The van der Waals surface area contributed by atoms with Crippen LogP contribution >= 0.6 is 11.3 Å². The lowest BCUT2D eigenvalue weighted by Crippen LogP contribution is -2.36. The molecule has 26 heavy (non-hydrogen) atoms. The zero-order chi connectivity index (χ0) is 18.5. The highest BCUT2D eigenvalue weighted by Gasteiger charge is 2.46. The number of thiophene rings is 1. The summed E-state index contributed by atoms with van der Waals surface area (Å²) >= 11 is 0.850. The lowest BCUT2D eigenvalue weighted by molar-refractivity contribution is -0.125. The molecule has 1 aliphatic heterocycles. The molecule has 4 rings (SSSR count). The Morgan fingerprint density at radius 1 is 1.38 bits per heavy atom. The van der Waals surface area contributed by atoms with E-state index in [1.54, 1.807) is 17.1 Å². The van der Waals surface area contributed by atoms with Gasteiger partial charge in [0.2, 0.25) is 5.91 Å². The molecule has 0 radical (unpaired) electrons. The van der Waals surface area contributed by atoms with E-state index < -0.39 is 21.8 Å². The predicted molar refractivity (Wildman–Crippen MR) is 93.6 cm³/mol. The maximum atomic E-state index is 13.9. The number of aryl methyl sites for hydroxylation is 1. The summed E-state index contributed by atoms with van der Waals surface area (Å²) in [6.45, 7) is 0.138. The van der Waals surface area contributed by atoms with Gasteiger partial charge in [-0.15, -0.1) is 11.3 Å². The number of nitrogens with zero attached hydrogens (tertiary/aromatic N) is 3. The lowest BCUT2D eigenvalue weighted by atomic mass is 9.92. The van der Waals surface area contributed by atoms with Gasteiger partial charge in [0.15, 0.2) is 10.0 Å². The van der Waals surface area contributed by atoms with Crippen LogP contribution in [-0.2, 0) is 21.9 Å². The van der Waals surface area contributed by atoms with Crippen molar-refractivity contribution in [1.82, 2.24) is 19.2 Å². The standard InChI is InChI=1S/C16H19FN4O3S2/c1-20-8-14(18-9-20)11-6-21(7-12(11)15(22)19-10-2-3-10)26(23,24)16-13(17)4-5-25-16/h4-5,8-12H,2-3,6-7H2,1H3,(H,19,22)/t11-,12-/m1/s1. The number of imidazole rings is 1. The second-order valence-electron chi connectivity index (χ2n) is 6.84. The van der Waals surface area contributed by atoms with Crippen LogP contribution in [0.25, 0.3) is 0 Å². The van der Waals surface area contributed by atoms with Crippen molar-refractivity contribution >= 4 is 27.3 Å². The quantitative estimate of drug-likeness (QED) is 0.823. The molecule has 1 aliphatic carbocycles.